The van der Waals surface area contributed by atoms with Gasteiger partial charge in [-0.25, -0.2) is 9.97 Å². The zero-order valence-corrected chi connectivity index (χ0v) is 19.1. The van der Waals surface area contributed by atoms with Gasteiger partial charge in [-0.15, -0.1) is 0 Å². The summed E-state index contributed by atoms with van der Waals surface area (Å²) in [6.07, 6.45) is 5.04. The van der Waals surface area contributed by atoms with Crippen molar-refractivity contribution < 1.29 is 4.79 Å². The maximum Gasteiger partial charge on any atom is 0.228 e. The number of likely N-dealkylation sites (N-methyl/N-ethyl adjacent to an activating group) is 1. The van der Waals surface area contributed by atoms with E-state index < -0.39 is 0 Å². The Bertz CT molecular complexity index is 1230. The first kappa shape index (κ1) is 20.8. The third kappa shape index (κ3) is 3.94. The van der Waals surface area contributed by atoms with Gasteiger partial charge in [-0.05, 0) is 70.1 Å². The van der Waals surface area contributed by atoms with Crippen LogP contribution in [0.15, 0.2) is 30.5 Å². The number of benzene rings is 1. The van der Waals surface area contributed by atoms with E-state index in [1.807, 2.05) is 13.0 Å². The summed E-state index contributed by atoms with van der Waals surface area (Å²) in [4.78, 5) is 28.7. The second-order valence-corrected chi connectivity index (χ2v) is 9.13. The van der Waals surface area contributed by atoms with Crippen molar-refractivity contribution >= 4 is 34.8 Å². The van der Waals surface area contributed by atoms with Crippen molar-refractivity contribution in [3.63, 3.8) is 0 Å². The van der Waals surface area contributed by atoms with Crippen LogP contribution in [-0.2, 0) is 24.1 Å². The molecule has 0 bridgehead atoms. The Morgan fingerprint density at radius 3 is 2.84 bits per heavy atom. The molecule has 2 aromatic heterocycles. The van der Waals surface area contributed by atoms with Crippen molar-refractivity contribution in [2.75, 3.05) is 24.7 Å². The van der Waals surface area contributed by atoms with Crippen LogP contribution in [0.3, 0.4) is 0 Å². The molecule has 8 heteroatoms. The standard InChI is InChI=1S/C24H25ClN6O/c1-13-20(9-14-8-17(31(2)3)5-7-19(14)27-13)29-24-26-12-15-10-22(32)28-21-11-16(25)4-6-18(21)23(15)30-24/h4,6,9,11-12,17H,5,7-8,10H2,1-3H3,(H,28,32)(H,26,29,30). The molecule has 2 aliphatic rings. The van der Waals surface area contributed by atoms with Gasteiger partial charge in [-0.3, -0.25) is 9.78 Å². The van der Waals surface area contributed by atoms with Crippen LogP contribution < -0.4 is 10.6 Å². The van der Waals surface area contributed by atoms with Gasteiger partial charge >= 0.3 is 0 Å². The monoisotopic (exact) mass is 448 g/mol. The van der Waals surface area contributed by atoms with Crippen LogP contribution in [0.4, 0.5) is 17.3 Å². The highest BCUT2D eigenvalue weighted by Gasteiger charge is 2.24. The van der Waals surface area contributed by atoms with Gasteiger partial charge in [0.05, 0.1) is 29.2 Å². The number of hydrogen-bond donors (Lipinski definition) is 2. The number of carbonyl (C=O) groups excluding carboxylic acids is 1. The average molecular weight is 449 g/mol. The van der Waals surface area contributed by atoms with E-state index in [9.17, 15) is 4.79 Å². The molecular weight excluding hydrogens is 424 g/mol. The first-order valence-electron chi connectivity index (χ1n) is 10.8. The number of aryl methyl sites for hydroxylation is 2. The van der Waals surface area contributed by atoms with E-state index in [0.717, 1.165) is 47.5 Å². The second kappa shape index (κ2) is 8.15. The van der Waals surface area contributed by atoms with E-state index in [-0.39, 0.29) is 12.3 Å². The topological polar surface area (TPSA) is 83.0 Å². The summed E-state index contributed by atoms with van der Waals surface area (Å²) in [7, 11) is 4.26. The molecule has 5 rings (SSSR count). The normalized spacial score (nSPS) is 17.2. The minimum absolute atomic E-state index is 0.109. The molecule has 0 saturated carbocycles. The average Bonchev–Trinajstić information content (AvgIpc) is 2.88. The minimum Gasteiger partial charge on any atom is -0.325 e. The van der Waals surface area contributed by atoms with Crippen LogP contribution in [0.25, 0.3) is 11.3 Å². The molecule has 3 heterocycles. The number of nitrogens with zero attached hydrogens (tertiary/aromatic N) is 4. The van der Waals surface area contributed by atoms with Crippen LogP contribution in [0, 0.1) is 6.92 Å². The van der Waals surface area contributed by atoms with E-state index in [2.05, 4.69) is 40.7 Å². The third-order valence-electron chi connectivity index (χ3n) is 6.25. The molecule has 1 aliphatic carbocycles. The first-order chi connectivity index (χ1) is 15.4. The SMILES string of the molecule is Cc1nc2c(cc1Nc1ncc3c(n1)-c1ccc(Cl)cc1NC(=O)C3)CC(N(C)C)CC2. The van der Waals surface area contributed by atoms with E-state index in [0.29, 0.717) is 22.7 Å². The number of anilines is 3. The fourth-order valence-corrected chi connectivity index (χ4v) is 4.63. The van der Waals surface area contributed by atoms with Gasteiger partial charge in [0, 0.05) is 34.1 Å². The fraction of sp³-hybridized carbons (Fsp3) is 0.333. The second-order valence-electron chi connectivity index (χ2n) is 8.69. The van der Waals surface area contributed by atoms with Gasteiger partial charge in [0.25, 0.3) is 0 Å². The molecule has 2 N–H and O–H groups in total. The van der Waals surface area contributed by atoms with Crippen molar-refractivity contribution in [1.82, 2.24) is 19.9 Å². The number of hydrogen-bond acceptors (Lipinski definition) is 6. The van der Waals surface area contributed by atoms with Crippen molar-refractivity contribution in [2.24, 2.45) is 0 Å². The van der Waals surface area contributed by atoms with Gasteiger partial charge in [0.1, 0.15) is 0 Å². The summed E-state index contributed by atoms with van der Waals surface area (Å²) >= 11 is 6.14. The highest BCUT2D eigenvalue weighted by Crippen LogP contribution is 2.35. The van der Waals surface area contributed by atoms with E-state index in [1.165, 1.54) is 11.3 Å². The van der Waals surface area contributed by atoms with Gasteiger partial charge in [0.2, 0.25) is 11.9 Å². The van der Waals surface area contributed by atoms with Gasteiger partial charge in [-0.1, -0.05) is 11.6 Å². The maximum atomic E-state index is 12.3. The number of amides is 1. The predicted molar refractivity (Wildman–Crippen MR) is 127 cm³/mol. The largest absolute Gasteiger partial charge is 0.325 e. The lowest BCUT2D eigenvalue weighted by molar-refractivity contribution is -0.115. The number of carbonyl (C=O) groups is 1. The Morgan fingerprint density at radius 1 is 1.19 bits per heavy atom. The molecule has 7 nitrogen and oxygen atoms in total. The van der Waals surface area contributed by atoms with E-state index in [4.69, 9.17) is 21.6 Å². The lowest BCUT2D eigenvalue weighted by Gasteiger charge is -2.30. The molecule has 0 radical (unpaired) electrons. The molecule has 1 aliphatic heterocycles. The van der Waals surface area contributed by atoms with Crippen molar-refractivity contribution in [1.29, 1.82) is 0 Å². The van der Waals surface area contributed by atoms with Crippen molar-refractivity contribution in [3.8, 4) is 11.3 Å². The minimum atomic E-state index is -0.109. The fourth-order valence-electron chi connectivity index (χ4n) is 4.46. The summed E-state index contributed by atoms with van der Waals surface area (Å²) in [5, 5.41) is 6.83. The number of halogens is 1. The molecule has 1 aromatic carbocycles. The lowest BCUT2D eigenvalue weighted by atomic mass is 9.90. The Labute approximate surface area is 192 Å². The summed E-state index contributed by atoms with van der Waals surface area (Å²) in [6, 6.07) is 8.14. The quantitative estimate of drug-likeness (QED) is 0.626. The van der Waals surface area contributed by atoms with Gasteiger partial charge in [0.15, 0.2) is 0 Å². The Hall–Kier alpha value is -3.03. The van der Waals surface area contributed by atoms with E-state index >= 15 is 0 Å². The molecular formula is C24H25ClN6O. The zero-order valence-electron chi connectivity index (χ0n) is 18.4. The molecule has 164 valence electrons. The predicted octanol–water partition coefficient (Wildman–Crippen LogP) is 4.16. The van der Waals surface area contributed by atoms with E-state index in [1.54, 1.807) is 18.3 Å². The van der Waals surface area contributed by atoms with Gasteiger partial charge < -0.3 is 15.5 Å². The summed E-state index contributed by atoms with van der Waals surface area (Å²) in [5.74, 6) is 0.366. The van der Waals surface area contributed by atoms with Crippen LogP contribution in [-0.4, -0.2) is 45.9 Å². The van der Waals surface area contributed by atoms with Crippen LogP contribution >= 0.6 is 11.6 Å². The Morgan fingerprint density at radius 2 is 2.03 bits per heavy atom. The summed E-state index contributed by atoms with van der Waals surface area (Å²) in [6.45, 7) is 2.00. The number of nitrogens with one attached hydrogen (secondary N) is 2. The third-order valence-corrected chi connectivity index (χ3v) is 6.49. The molecule has 0 saturated heterocycles. The molecule has 0 fully saturated rings. The summed E-state index contributed by atoms with van der Waals surface area (Å²) < 4.78 is 0. The molecule has 1 amide bonds. The molecule has 0 spiro atoms. The molecule has 32 heavy (non-hydrogen) atoms. The highest BCUT2D eigenvalue weighted by atomic mass is 35.5. The molecule has 1 unspecified atom stereocenters. The number of aromatic nitrogens is 3. The number of fused-ring (bicyclic) bond motifs is 4. The first-order valence-corrected chi connectivity index (χ1v) is 11.1. The Balaban J connectivity index is 1.50. The number of pyridine rings is 1. The van der Waals surface area contributed by atoms with Crippen molar-refractivity contribution in [3.05, 3.63) is 58.0 Å². The summed E-state index contributed by atoms with van der Waals surface area (Å²) in [5.41, 5.74) is 7.28. The van der Waals surface area contributed by atoms with Crippen LogP contribution in [0.2, 0.25) is 5.02 Å². The smallest absolute Gasteiger partial charge is 0.228 e. The maximum absolute atomic E-state index is 12.3. The van der Waals surface area contributed by atoms with Crippen LogP contribution in [0.5, 0.6) is 0 Å². The lowest BCUT2D eigenvalue weighted by Crippen LogP contribution is -2.34. The highest BCUT2D eigenvalue weighted by molar-refractivity contribution is 6.31. The number of rotatable bonds is 3. The zero-order chi connectivity index (χ0) is 22.4. The van der Waals surface area contributed by atoms with Crippen LogP contribution in [0.1, 0.15) is 28.9 Å². The van der Waals surface area contributed by atoms with Gasteiger partial charge in [-0.2, -0.15) is 0 Å². The molecule has 3 aromatic rings. The Kier molecular flexibility index (Phi) is 5.31. The van der Waals surface area contributed by atoms with Crippen molar-refractivity contribution in [2.45, 2.75) is 38.6 Å². The molecule has 1 atom stereocenters.